The first-order chi connectivity index (χ1) is 7.13. The molecule has 0 aromatic heterocycles. The molecule has 6 heteroatoms. The summed E-state index contributed by atoms with van der Waals surface area (Å²) in [6.45, 7) is 3.76. The molecule has 0 aromatic rings. The topological polar surface area (TPSA) is 76.7 Å². The molecule has 2 N–H and O–H groups in total. The van der Waals surface area contributed by atoms with Crippen LogP contribution in [0.4, 0.5) is 9.59 Å². The van der Waals surface area contributed by atoms with Crippen LogP contribution in [0.1, 0.15) is 13.8 Å². The average molecular weight is 214 g/mol. The first-order valence-corrected chi connectivity index (χ1v) is 4.46. The molecule has 0 fully saturated rings. The van der Waals surface area contributed by atoms with Crippen LogP contribution in [0.2, 0.25) is 0 Å². The van der Waals surface area contributed by atoms with Gasteiger partial charge in [0, 0.05) is 0 Å². The zero-order valence-electron chi connectivity index (χ0n) is 8.70. The van der Waals surface area contributed by atoms with Gasteiger partial charge in [-0.1, -0.05) is 5.92 Å². The first-order valence-electron chi connectivity index (χ1n) is 4.46. The van der Waals surface area contributed by atoms with Gasteiger partial charge in [0.05, 0.1) is 13.2 Å². The summed E-state index contributed by atoms with van der Waals surface area (Å²) in [5.74, 6) is 2.16. The van der Waals surface area contributed by atoms with E-state index in [9.17, 15) is 9.59 Å². The first kappa shape index (κ1) is 13.1. The van der Waals surface area contributed by atoms with Crippen molar-refractivity contribution in [1.29, 1.82) is 0 Å². The molecular weight excluding hydrogens is 200 g/mol. The van der Waals surface area contributed by atoms with Gasteiger partial charge < -0.3 is 9.47 Å². The summed E-state index contributed by atoms with van der Waals surface area (Å²) in [7, 11) is 0. The number of carbonyl (C=O) groups is 2. The van der Waals surface area contributed by atoms with E-state index < -0.39 is 18.4 Å². The predicted molar refractivity (Wildman–Crippen MR) is 52.9 cm³/mol. The highest BCUT2D eigenvalue weighted by Gasteiger charge is 2.12. The SMILES string of the molecule is C#CC(NC(=O)OCC)NC(=O)OCC. The number of ether oxygens (including phenoxy) is 2. The van der Waals surface area contributed by atoms with Crippen LogP contribution in [-0.2, 0) is 9.47 Å². The Kier molecular flexibility index (Phi) is 6.55. The van der Waals surface area contributed by atoms with Crippen molar-refractivity contribution in [1.82, 2.24) is 10.6 Å². The second-order valence-electron chi connectivity index (χ2n) is 2.33. The zero-order chi connectivity index (χ0) is 11.7. The molecule has 0 radical (unpaired) electrons. The fourth-order valence-electron chi connectivity index (χ4n) is 0.701. The van der Waals surface area contributed by atoms with Gasteiger partial charge in [0.15, 0.2) is 6.17 Å². The van der Waals surface area contributed by atoms with Crippen LogP contribution in [-0.4, -0.2) is 31.6 Å². The lowest BCUT2D eigenvalue weighted by Gasteiger charge is -2.13. The molecule has 0 saturated carbocycles. The van der Waals surface area contributed by atoms with Gasteiger partial charge >= 0.3 is 12.2 Å². The quantitative estimate of drug-likeness (QED) is 0.526. The highest BCUT2D eigenvalue weighted by molar-refractivity contribution is 5.71. The highest BCUT2D eigenvalue weighted by atomic mass is 16.6. The third-order valence-electron chi connectivity index (χ3n) is 1.24. The number of hydrogen-bond donors (Lipinski definition) is 2. The summed E-state index contributed by atoms with van der Waals surface area (Å²) in [6, 6.07) is 0. The Labute approximate surface area is 88.3 Å². The van der Waals surface area contributed by atoms with Gasteiger partial charge in [-0.3, -0.25) is 10.6 Å². The monoisotopic (exact) mass is 214 g/mol. The van der Waals surface area contributed by atoms with Gasteiger partial charge in [-0.15, -0.1) is 6.42 Å². The lowest BCUT2D eigenvalue weighted by atomic mass is 10.5. The van der Waals surface area contributed by atoms with E-state index in [-0.39, 0.29) is 13.2 Å². The Morgan fingerprint density at radius 1 is 1.20 bits per heavy atom. The number of nitrogens with one attached hydrogen (secondary N) is 2. The van der Waals surface area contributed by atoms with E-state index in [4.69, 9.17) is 6.42 Å². The maximum Gasteiger partial charge on any atom is 0.409 e. The van der Waals surface area contributed by atoms with Crippen LogP contribution in [0, 0.1) is 12.3 Å². The van der Waals surface area contributed by atoms with Crippen molar-refractivity contribution in [2.45, 2.75) is 20.0 Å². The lowest BCUT2D eigenvalue weighted by molar-refractivity contribution is 0.139. The number of amides is 2. The minimum Gasteiger partial charge on any atom is -0.450 e. The van der Waals surface area contributed by atoms with E-state index in [1.54, 1.807) is 13.8 Å². The highest BCUT2D eigenvalue weighted by Crippen LogP contribution is 1.83. The van der Waals surface area contributed by atoms with Crippen molar-refractivity contribution in [3.63, 3.8) is 0 Å². The lowest BCUT2D eigenvalue weighted by Crippen LogP contribution is -2.47. The Morgan fingerprint density at radius 2 is 1.60 bits per heavy atom. The standard InChI is InChI=1S/C9H14N2O4/c1-4-7(10-8(12)14-5-2)11-9(13)15-6-3/h1,7H,5-6H2,2-3H3,(H,10,12)(H,11,13). The number of carbonyl (C=O) groups excluding carboxylic acids is 2. The van der Waals surface area contributed by atoms with Crippen molar-refractivity contribution in [3.8, 4) is 12.3 Å². The van der Waals surface area contributed by atoms with E-state index in [1.165, 1.54) is 0 Å². The Balaban J connectivity index is 3.99. The van der Waals surface area contributed by atoms with Crippen molar-refractivity contribution in [2.75, 3.05) is 13.2 Å². The third-order valence-corrected chi connectivity index (χ3v) is 1.24. The van der Waals surface area contributed by atoms with Crippen molar-refractivity contribution in [3.05, 3.63) is 0 Å². The van der Waals surface area contributed by atoms with E-state index in [0.29, 0.717) is 0 Å². The summed E-state index contributed by atoms with van der Waals surface area (Å²) in [5, 5.41) is 4.50. The van der Waals surface area contributed by atoms with E-state index in [2.05, 4.69) is 26.0 Å². The van der Waals surface area contributed by atoms with E-state index in [0.717, 1.165) is 0 Å². The molecular formula is C9H14N2O4. The van der Waals surface area contributed by atoms with E-state index in [1.807, 2.05) is 0 Å². The molecule has 0 aromatic carbocycles. The smallest absolute Gasteiger partial charge is 0.409 e. The van der Waals surface area contributed by atoms with Crippen LogP contribution >= 0.6 is 0 Å². The summed E-state index contributed by atoms with van der Waals surface area (Å²) in [6.07, 6.45) is 2.74. The molecule has 0 atom stereocenters. The van der Waals surface area contributed by atoms with Gasteiger partial charge in [-0.2, -0.15) is 0 Å². The Bertz CT molecular complexity index is 239. The number of hydrogen-bond acceptors (Lipinski definition) is 4. The maximum absolute atomic E-state index is 10.9. The van der Waals surface area contributed by atoms with Crippen LogP contribution < -0.4 is 10.6 Å². The molecule has 6 nitrogen and oxygen atoms in total. The molecule has 0 aliphatic carbocycles. The second kappa shape index (κ2) is 7.50. The number of alkyl carbamates (subject to hydrolysis) is 2. The Hall–Kier alpha value is -1.90. The normalized spacial score (nSPS) is 8.93. The minimum absolute atomic E-state index is 0.225. The fourth-order valence-corrected chi connectivity index (χ4v) is 0.701. The average Bonchev–Trinajstić information content (AvgIpc) is 2.17. The van der Waals surface area contributed by atoms with Gasteiger partial charge in [0.2, 0.25) is 0 Å². The Morgan fingerprint density at radius 3 is 1.87 bits per heavy atom. The largest absolute Gasteiger partial charge is 0.450 e. The molecule has 0 aliphatic rings. The van der Waals surface area contributed by atoms with Crippen LogP contribution in [0.25, 0.3) is 0 Å². The van der Waals surface area contributed by atoms with Gasteiger partial charge in [0.1, 0.15) is 0 Å². The van der Waals surface area contributed by atoms with Crippen LogP contribution in [0.5, 0.6) is 0 Å². The van der Waals surface area contributed by atoms with Crippen molar-refractivity contribution < 1.29 is 19.1 Å². The molecule has 84 valence electrons. The summed E-state index contributed by atoms with van der Waals surface area (Å²) >= 11 is 0. The molecule has 0 saturated heterocycles. The van der Waals surface area contributed by atoms with Crippen LogP contribution in [0.3, 0.4) is 0 Å². The maximum atomic E-state index is 10.9. The molecule has 0 spiro atoms. The molecule has 0 heterocycles. The molecule has 0 bridgehead atoms. The fraction of sp³-hybridized carbons (Fsp3) is 0.556. The summed E-state index contributed by atoms with van der Waals surface area (Å²) < 4.78 is 9.16. The van der Waals surface area contributed by atoms with E-state index >= 15 is 0 Å². The van der Waals surface area contributed by atoms with Gasteiger partial charge in [-0.05, 0) is 13.8 Å². The molecule has 2 amide bonds. The molecule has 15 heavy (non-hydrogen) atoms. The summed E-state index contributed by atoms with van der Waals surface area (Å²) in [5.41, 5.74) is 0. The molecule has 0 aliphatic heterocycles. The number of rotatable bonds is 4. The predicted octanol–water partition coefficient (Wildman–Crippen LogP) is 0.438. The second-order valence-corrected chi connectivity index (χ2v) is 2.33. The zero-order valence-corrected chi connectivity index (χ0v) is 8.70. The van der Waals surface area contributed by atoms with Crippen molar-refractivity contribution in [2.24, 2.45) is 0 Å². The van der Waals surface area contributed by atoms with Crippen LogP contribution in [0.15, 0.2) is 0 Å². The van der Waals surface area contributed by atoms with Gasteiger partial charge in [-0.25, -0.2) is 9.59 Å². The minimum atomic E-state index is -0.942. The molecule has 0 unspecified atom stereocenters. The van der Waals surface area contributed by atoms with Crippen molar-refractivity contribution >= 4 is 12.2 Å². The van der Waals surface area contributed by atoms with Gasteiger partial charge in [0.25, 0.3) is 0 Å². The molecule has 0 rings (SSSR count). The third kappa shape index (κ3) is 6.21. The number of terminal acetylenes is 1. The summed E-state index contributed by atoms with van der Waals surface area (Å²) in [4.78, 5) is 21.9.